The summed E-state index contributed by atoms with van der Waals surface area (Å²) in [5.41, 5.74) is -0.218. The van der Waals surface area contributed by atoms with Gasteiger partial charge in [0.2, 0.25) is 17.5 Å². The molecule has 0 saturated carbocycles. The fraction of sp³-hybridized carbons (Fsp3) is 0.364. The summed E-state index contributed by atoms with van der Waals surface area (Å²) in [5, 5.41) is 22.6. The molecule has 0 fully saturated rings. The van der Waals surface area contributed by atoms with E-state index in [4.69, 9.17) is 21.1 Å². The number of rotatable bonds is 1. The molecule has 170 valence electrons. The molecular weight excluding hydrogens is 442 g/mol. The van der Waals surface area contributed by atoms with Crippen LogP contribution in [0.25, 0.3) is 0 Å². The van der Waals surface area contributed by atoms with Gasteiger partial charge in [-0.25, -0.2) is 4.79 Å². The number of Topliss-reactive ketones (excluding diaryl/α,β-unsaturated/α-hetero) is 1. The van der Waals surface area contributed by atoms with Crippen LogP contribution in [-0.2, 0) is 30.3 Å². The molecule has 3 N–H and O–H groups in total. The lowest BCUT2D eigenvalue weighted by Crippen LogP contribution is -2.33. The molecule has 0 spiro atoms. The summed E-state index contributed by atoms with van der Waals surface area (Å²) in [6.07, 6.45) is 0.892. The molecule has 1 heterocycles. The minimum absolute atomic E-state index is 0.0353. The van der Waals surface area contributed by atoms with Gasteiger partial charge in [0.25, 0.3) is 0 Å². The highest BCUT2D eigenvalue weighted by Crippen LogP contribution is 2.38. The van der Waals surface area contributed by atoms with Gasteiger partial charge in [-0.2, -0.15) is 0 Å². The standard InChI is InChI=1S/C22H22ClNO8/c1-10-7-12-20(29)13(8-16(27)21(12)31-2)24-17(28)6-4-3-5-11-18(22(30)32-10)14(25)9-15(26)19(11)23/h8-10,25-26H,3-7H2,1-2H3,(H,24,28). The first-order valence-corrected chi connectivity index (χ1v) is 10.3. The predicted molar refractivity (Wildman–Crippen MR) is 112 cm³/mol. The van der Waals surface area contributed by atoms with Gasteiger partial charge in [0.1, 0.15) is 23.2 Å². The van der Waals surface area contributed by atoms with Crippen LogP contribution in [0.4, 0.5) is 0 Å². The zero-order chi connectivity index (χ0) is 23.6. The zero-order valence-corrected chi connectivity index (χ0v) is 18.2. The van der Waals surface area contributed by atoms with E-state index in [0.29, 0.717) is 12.8 Å². The van der Waals surface area contributed by atoms with Gasteiger partial charge in [-0.05, 0) is 31.7 Å². The molecule has 10 heteroatoms. The van der Waals surface area contributed by atoms with Crippen molar-refractivity contribution in [1.29, 1.82) is 0 Å². The molecule has 2 aliphatic rings. The Morgan fingerprint density at radius 1 is 1.12 bits per heavy atom. The molecule has 1 amide bonds. The molecule has 1 aromatic rings. The molecule has 1 unspecified atom stereocenters. The Hall–Kier alpha value is -3.33. The summed E-state index contributed by atoms with van der Waals surface area (Å²) in [5.74, 6) is -3.66. The summed E-state index contributed by atoms with van der Waals surface area (Å²) >= 11 is 6.18. The Kier molecular flexibility index (Phi) is 6.88. The Morgan fingerprint density at radius 3 is 2.50 bits per heavy atom. The van der Waals surface area contributed by atoms with Crippen LogP contribution < -0.4 is 5.32 Å². The molecule has 9 nitrogen and oxygen atoms in total. The average molecular weight is 464 g/mol. The van der Waals surface area contributed by atoms with E-state index < -0.39 is 35.3 Å². The number of ketones is 2. The van der Waals surface area contributed by atoms with Gasteiger partial charge in [0, 0.05) is 25.0 Å². The first-order chi connectivity index (χ1) is 15.1. The number of phenols is 2. The Labute approximate surface area is 188 Å². The van der Waals surface area contributed by atoms with E-state index in [0.717, 1.165) is 12.1 Å². The molecule has 1 atom stereocenters. The normalized spacial score (nSPS) is 20.5. The van der Waals surface area contributed by atoms with Gasteiger partial charge in [-0.1, -0.05) is 11.6 Å². The topological polar surface area (TPSA) is 139 Å². The van der Waals surface area contributed by atoms with E-state index in [1.54, 1.807) is 0 Å². The Bertz CT molecular complexity index is 1070. The molecule has 1 aromatic carbocycles. The number of halogens is 1. The number of hydrogen-bond donors (Lipinski definition) is 3. The van der Waals surface area contributed by atoms with Gasteiger partial charge in [0.05, 0.1) is 23.4 Å². The maximum absolute atomic E-state index is 12.9. The van der Waals surface area contributed by atoms with E-state index in [9.17, 15) is 29.4 Å². The van der Waals surface area contributed by atoms with Gasteiger partial charge >= 0.3 is 5.97 Å². The van der Waals surface area contributed by atoms with Gasteiger partial charge in [0.15, 0.2) is 5.76 Å². The van der Waals surface area contributed by atoms with Crippen molar-refractivity contribution in [1.82, 2.24) is 5.32 Å². The molecule has 0 aromatic heterocycles. The van der Waals surface area contributed by atoms with Crippen LogP contribution in [0.1, 0.15) is 48.5 Å². The summed E-state index contributed by atoms with van der Waals surface area (Å²) < 4.78 is 10.5. The van der Waals surface area contributed by atoms with Crippen LogP contribution in [0, 0.1) is 0 Å². The highest BCUT2D eigenvalue weighted by atomic mass is 35.5. The van der Waals surface area contributed by atoms with Crippen molar-refractivity contribution in [2.24, 2.45) is 0 Å². The number of ether oxygens (including phenoxy) is 2. The van der Waals surface area contributed by atoms with Crippen LogP contribution in [0.5, 0.6) is 11.5 Å². The maximum Gasteiger partial charge on any atom is 0.342 e. The molecular formula is C22H22ClNO8. The number of benzene rings is 1. The number of aromatic hydroxyl groups is 2. The van der Waals surface area contributed by atoms with Crippen LogP contribution in [-0.4, -0.2) is 46.9 Å². The summed E-state index contributed by atoms with van der Waals surface area (Å²) in [7, 11) is 1.24. The van der Waals surface area contributed by atoms with E-state index in [2.05, 4.69) is 5.32 Å². The van der Waals surface area contributed by atoms with Crippen molar-refractivity contribution >= 4 is 35.0 Å². The van der Waals surface area contributed by atoms with Gasteiger partial charge in [-0.3, -0.25) is 14.4 Å². The first-order valence-electron chi connectivity index (χ1n) is 9.96. The summed E-state index contributed by atoms with van der Waals surface area (Å²) in [4.78, 5) is 50.5. The number of fused-ring (bicyclic) bond motifs is 3. The van der Waals surface area contributed by atoms with Crippen molar-refractivity contribution < 1.29 is 38.9 Å². The average Bonchev–Trinajstić information content (AvgIpc) is 2.71. The zero-order valence-electron chi connectivity index (χ0n) is 17.5. The predicted octanol–water partition coefficient (Wildman–Crippen LogP) is 2.47. The second-order valence-electron chi connectivity index (χ2n) is 7.52. The lowest BCUT2D eigenvalue weighted by molar-refractivity contribution is -0.123. The molecule has 0 saturated heterocycles. The lowest BCUT2D eigenvalue weighted by atomic mass is 9.94. The SMILES string of the molecule is COC1=C2CC(C)OC(=O)c3c(O)cc(O)c(Cl)c3CCCCC(=O)NC(=CC1=O)C2=O. The number of phenolic OH excluding ortho intramolecular Hbond substituents is 2. The maximum atomic E-state index is 12.9. The largest absolute Gasteiger partial charge is 0.507 e. The number of methoxy groups -OCH3 is 1. The number of carbonyl (C=O) groups is 4. The van der Waals surface area contributed by atoms with E-state index in [1.807, 2.05) is 0 Å². The fourth-order valence-corrected chi connectivity index (χ4v) is 3.94. The van der Waals surface area contributed by atoms with Crippen LogP contribution >= 0.6 is 11.6 Å². The second kappa shape index (κ2) is 9.44. The number of nitrogens with one attached hydrogen (secondary N) is 1. The number of hydrogen-bond acceptors (Lipinski definition) is 8. The number of cyclic esters (lactones) is 1. The van der Waals surface area contributed by atoms with E-state index in [-0.39, 0.29) is 58.2 Å². The second-order valence-corrected chi connectivity index (χ2v) is 7.90. The van der Waals surface area contributed by atoms with E-state index in [1.165, 1.54) is 14.0 Å². The lowest BCUT2D eigenvalue weighted by Gasteiger charge is -2.21. The van der Waals surface area contributed by atoms with Crippen molar-refractivity contribution in [3.8, 4) is 11.5 Å². The van der Waals surface area contributed by atoms with Crippen LogP contribution in [0.2, 0.25) is 5.02 Å². The van der Waals surface area contributed by atoms with Crippen molar-refractivity contribution in [2.75, 3.05) is 7.11 Å². The fourth-order valence-electron chi connectivity index (χ4n) is 3.70. The summed E-state index contributed by atoms with van der Waals surface area (Å²) in [6.45, 7) is 1.50. The number of carbonyl (C=O) groups excluding carboxylic acids is 4. The quantitative estimate of drug-likeness (QED) is 0.426. The summed E-state index contributed by atoms with van der Waals surface area (Å²) in [6, 6.07) is 0.945. The third kappa shape index (κ3) is 4.62. The number of amides is 1. The van der Waals surface area contributed by atoms with Crippen LogP contribution in [0.3, 0.4) is 0 Å². The number of esters is 1. The smallest absolute Gasteiger partial charge is 0.342 e. The highest BCUT2D eigenvalue weighted by molar-refractivity contribution is 6.33. The highest BCUT2D eigenvalue weighted by Gasteiger charge is 2.33. The Balaban J connectivity index is 2.04. The third-order valence-electron chi connectivity index (χ3n) is 5.18. The minimum atomic E-state index is -0.903. The molecule has 1 aliphatic heterocycles. The van der Waals surface area contributed by atoms with E-state index >= 15 is 0 Å². The van der Waals surface area contributed by atoms with Gasteiger partial charge in [-0.15, -0.1) is 0 Å². The van der Waals surface area contributed by atoms with Crippen LogP contribution in [0.15, 0.2) is 29.2 Å². The van der Waals surface area contributed by atoms with Crippen molar-refractivity contribution in [3.63, 3.8) is 0 Å². The molecule has 3 rings (SSSR count). The Morgan fingerprint density at radius 2 is 1.81 bits per heavy atom. The minimum Gasteiger partial charge on any atom is -0.507 e. The first kappa shape index (κ1) is 23.3. The molecule has 2 bridgehead atoms. The van der Waals surface area contributed by atoms with Crippen molar-refractivity contribution in [3.05, 3.63) is 45.3 Å². The monoisotopic (exact) mass is 463 g/mol. The number of allylic oxidation sites excluding steroid dienone is 2. The van der Waals surface area contributed by atoms with Crippen molar-refractivity contribution in [2.45, 2.75) is 45.1 Å². The molecule has 0 radical (unpaired) electrons. The molecule has 32 heavy (non-hydrogen) atoms. The molecule has 1 aliphatic carbocycles. The van der Waals surface area contributed by atoms with Gasteiger partial charge < -0.3 is 25.0 Å². The third-order valence-corrected chi connectivity index (χ3v) is 5.60.